The molecule has 0 radical (unpaired) electrons. The number of rotatable bonds is 3. The Bertz CT molecular complexity index is 299. The molecule has 0 aliphatic rings. The molecule has 72 valence electrons. The molecule has 3 nitrogen and oxygen atoms in total. The molecule has 0 saturated heterocycles. The zero-order valence-electron chi connectivity index (χ0n) is 7.25. The predicted molar refractivity (Wildman–Crippen MR) is 50.5 cm³/mol. The lowest BCUT2D eigenvalue weighted by Crippen LogP contribution is -1.93. The van der Waals surface area contributed by atoms with Crippen molar-refractivity contribution in [3.63, 3.8) is 0 Å². The Labute approximate surface area is 81.5 Å². The molecule has 1 rings (SSSR count). The third-order valence-electron chi connectivity index (χ3n) is 1.57. The van der Waals surface area contributed by atoms with E-state index in [1.165, 1.54) is 6.07 Å². The molecule has 0 atom stereocenters. The van der Waals surface area contributed by atoms with E-state index in [1.807, 2.05) is 0 Å². The number of ether oxygens (including phenoxy) is 1. The Hall–Kier alpha value is -1.09. The largest absolute Gasteiger partial charge is 0.504 e. The van der Waals surface area contributed by atoms with Gasteiger partial charge < -0.3 is 14.9 Å². The van der Waals surface area contributed by atoms with Crippen LogP contribution < -0.4 is 4.74 Å². The predicted octanol–water partition coefficient (Wildman–Crippen LogP) is 2.24. The van der Waals surface area contributed by atoms with Gasteiger partial charge in [-0.25, -0.2) is 0 Å². The van der Waals surface area contributed by atoms with Gasteiger partial charge >= 0.3 is 0 Å². The van der Waals surface area contributed by atoms with Crippen LogP contribution in [0.25, 0.3) is 0 Å². The number of aromatic hydroxyl groups is 2. The van der Waals surface area contributed by atoms with Gasteiger partial charge in [-0.05, 0) is 24.6 Å². The van der Waals surface area contributed by atoms with Crippen LogP contribution in [0.5, 0.6) is 17.2 Å². The standard InChI is InChI=1S/C9H11ClO3/c1-2-13-8-4-6(5-10)3-7(11)9(8)12/h3-4,11-12H,2,5H2,1H3. The monoisotopic (exact) mass is 202 g/mol. The number of phenols is 2. The SMILES string of the molecule is CCOc1cc(CCl)cc(O)c1O. The van der Waals surface area contributed by atoms with Crippen molar-refractivity contribution in [2.75, 3.05) is 6.61 Å². The molecule has 0 unspecified atom stereocenters. The van der Waals surface area contributed by atoms with Crippen LogP contribution >= 0.6 is 11.6 Å². The molecule has 0 bridgehead atoms. The van der Waals surface area contributed by atoms with Gasteiger partial charge in [0.1, 0.15) is 0 Å². The summed E-state index contributed by atoms with van der Waals surface area (Å²) in [6.07, 6.45) is 0. The lowest BCUT2D eigenvalue weighted by molar-refractivity contribution is 0.308. The molecule has 0 heterocycles. The van der Waals surface area contributed by atoms with E-state index in [1.54, 1.807) is 13.0 Å². The number of alkyl halides is 1. The molecule has 2 N–H and O–H groups in total. The summed E-state index contributed by atoms with van der Waals surface area (Å²) in [5.74, 6) is 0.0870. The quantitative estimate of drug-likeness (QED) is 0.584. The van der Waals surface area contributed by atoms with Gasteiger partial charge in [0.15, 0.2) is 11.5 Å². The molecule has 0 aliphatic carbocycles. The van der Waals surface area contributed by atoms with Crippen LogP contribution in [-0.4, -0.2) is 16.8 Å². The summed E-state index contributed by atoms with van der Waals surface area (Å²) >= 11 is 5.58. The molecule has 13 heavy (non-hydrogen) atoms. The highest BCUT2D eigenvalue weighted by Gasteiger charge is 2.09. The van der Waals surface area contributed by atoms with E-state index in [4.69, 9.17) is 16.3 Å². The minimum atomic E-state index is -0.240. The number of hydrogen-bond acceptors (Lipinski definition) is 3. The lowest BCUT2D eigenvalue weighted by Gasteiger charge is -2.08. The second kappa shape index (κ2) is 4.23. The summed E-state index contributed by atoms with van der Waals surface area (Å²) in [5.41, 5.74) is 0.709. The minimum absolute atomic E-state index is 0.207. The Morgan fingerprint density at radius 1 is 1.38 bits per heavy atom. The first kappa shape index (κ1) is 9.99. The van der Waals surface area contributed by atoms with Gasteiger partial charge in [-0.1, -0.05) is 0 Å². The summed E-state index contributed by atoms with van der Waals surface area (Å²) < 4.78 is 5.09. The highest BCUT2D eigenvalue weighted by molar-refractivity contribution is 6.17. The third-order valence-corrected chi connectivity index (χ3v) is 1.88. The maximum Gasteiger partial charge on any atom is 0.200 e. The van der Waals surface area contributed by atoms with Crippen LogP contribution in [-0.2, 0) is 5.88 Å². The molecule has 0 aliphatic heterocycles. The van der Waals surface area contributed by atoms with Gasteiger partial charge in [0.25, 0.3) is 0 Å². The van der Waals surface area contributed by atoms with Gasteiger partial charge in [-0.15, -0.1) is 11.6 Å². The minimum Gasteiger partial charge on any atom is -0.504 e. The maximum absolute atomic E-state index is 9.33. The first-order valence-electron chi connectivity index (χ1n) is 3.92. The van der Waals surface area contributed by atoms with Crippen LogP contribution in [0, 0.1) is 0 Å². The number of benzene rings is 1. The van der Waals surface area contributed by atoms with E-state index >= 15 is 0 Å². The number of hydrogen-bond donors (Lipinski definition) is 2. The van der Waals surface area contributed by atoms with E-state index in [0.29, 0.717) is 12.2 Å². The van der Waals surface area contributed by atoms with Gasteiger partial charge in [-0.2, -0.15) is 0 Å². The van der Waals surface area contributed by atoms with Crippen molar-refractivity contribution in [1.82, 2.24) is 0 Å². The van der Waals surface area contributed by atoms with Gasteiger partial charge in [-0.3, -0.25) is 0 Å². The van der Waals surface area contributed by atoms with Gasteiger partial charge in [0.2, 0.25) is 5.75 Å². The van der Waals surface area contributed by atoms with E-state index in [0.717, 1.165) is 0 Å². The summed E-state index contributed by atoms with van der Waals surface area (Å²) in [5, 5.41) is 18.6. The van der Waals surface area contributed by atoms with Crippen LogP contribution in [0.4, 0.5) is 0 Å². The Balaban J connectivity index is 3.09. The fourth-order valence-corrected chi connectivity index (χ4v) is 1.15. The van der Waals surface area contributed by atoms with Crippen LogP contribution in [0.15, 0.2) is 12.1 Å². The lowest BCUT2D eigenvalue weighted by atomic mass is 10.2. The molecule has 1 aromatic rings. The van der Waals surface area contributed by atoms with Crippen molar-refractivity contribution in [1.29, 1.82) is 0 Å². The highest BCUT2D eigenvalue weighted by Crippen LogP contribution is 2.36. The maximum atomic E-state index is 9.33. The molecule has 0 aromatic heterocycles. The average molecular weight is 203 g/mol. The van der Waals surface area contributed by atoms with Crippen LogP contribution in [0.3, 0.4) is 0 Å². The van der Waals surface area contributed by atoms with Crippen molar-refractivity contribution < 1.29 is 14.9 Å². The van der Waals surface area contributed by atoms with Crippen molar-refractivity contribution in [2.24, 2.45) is 0 Å². The summed E-state index contributed by atoms with van der Waals surface area (Å²) in [6.45, 7) is 2.22. The highest BCUT2D eigenvalue weighted by atomic mass is 35.5. The average Bonchev–Trinajstić information content (AvgIpc) is 2.13. The fraction of sp³-hybridized carbons (Fsp3) is 0.333. The second-order valence-electron chi connectivity index (χ2n) is 2.53. The van der Waals surface area contributed by atoms with E-state index in [-0.39, 0.29) is 23.1 Å². The van der Waals surface area contributed by atoms with Crippen molar-refractivity contribution >= 4 is 11.6 Å². The van der Waals surface area contributed by atoms with Crippen molar-refractivity contribution in [3.05, 3.63) is 17.7 Å². The molecular weight excluding hydrogens is 192 g/mol. The van der Waals surface area contributed by atoms with E-state index in [9.17, 15) is 10.2 Å². The first-order valence-corrected chi connectivity index (χ1v) is 4.46. The smallest absolute Gasteiger partial charge is 0.200 e. The topological polar surface area (TPSA) is 49.7 Å². The van der Waals surface area contributed by atoms with E-state index < -0.39 is 0 Å². The first-order chi connectivity index (χ1) is 6.19. The normalized spacial score (nSPS) is 10.0. The zero-order chi connectivity index (χ0) is 9.84. The Kier molecular flexibility index (Phi) is 3.25. The molecule has 4 heteroatoms. The number of halogens is 1. The molecule has 0 saturated carbocycles. The Morgan fingerprint density at radius 2 is 2.08 bits per heavy atom. The third kappa shape index (κ3) is 2.18. The Morgan fingerprint density at radius 3 is 2.62 bits per heavy atom. The van der Waals surface area contributed by atoms with Gasteiger partial charge in [0.05, 0.1) is 6.61 Å². The molecule has 0 fully saturated rings. The summed E-state index contributed by atoms with van der Waals surface area (Å²) in [4.78, 5) is 0. The van der Waals surface area contributed by atoms with Crippen molar-refractivity contribution in [3.8, 4) is 17.2 Å². The number of phenolic OH excluding ortho intramolecular Hbond substituents is 2. The fourth-order valence-electron chi connectivity index (χ4n) is 0.991. The molecule has 1 aromatic carbocycles. The van der Waals surface area contributed by atoms with E-state index in [2.05, 4.69) is 0 Å². The summed E-state index contributed by atoms with van der Waals surface area (Å²) in [7, 11) is 0. The second-order valence-corrected chi connectivity index (χ2v) is 2.80. The van der Waals surface area contributed by atoms with Crippen molar-refractivity contribution in [2.45, 2.75) is 12.8 Å². The zero-order valence-corrected chi connectivity index (χ0v) is 8.01. The van der Waals surface area contributed by atoms with Gasteiger partial charge in [0, 0.05) is 5.88 Å². The molecule has 0 spiro atoms. The summed E-state index contributed by atoms with van der Waals surface area (Å²) in [6, 6.07) is 3.01. The molecular formula is C9H11ClO3. The molecule has 0 amide bonds. The van der Waals surface area contributed by atoms with Crippen LogP contribution in [0.2, 0.25) is 0 Å². The van der Waals surface area contributed by atoms with Crippen LogP contribution in [0.1, 0.15) is 12.5 Å².